The zero-order valence-electron chi connectivity index (χ0n) is 16.3. The van der Waals surface area contributed by atoms with Crippen molar-refractivity contribution in [2.45, 2.75) is 38.3 Å². The molecule has 7 nitrogen and oxygen atoms in total. The highest BCUT2D eigenvalue weighted by Gasteiger charge is 2.09. The van der Waals surface area contributed by atoms with Gasteiger partial charge < -0.3 is 29.1 Å². The van der Waals surface area contributed by atoms with Crippen LogP contribution in [0.15, 0.2) is 4.99 Å². The first-order chi connectivity index (χ1) is 11.4. The number of rotatable bonds is 13. The van der Waals surface area contributed by atoms with Crippen LogP contribution in [-0.4, -0.2) is 104 Å². The number of hydrogen-bond acceptors (Lipinski definition) is 5. The van der Waals surface area contributed by atoms with Crippen LogP contribution in [0.4, 0.5) is 0 Å². The number of ether oxygens (including phenoxy) is 3. The van der Waals surface area contributed by atoms with Gasteiger partial charge in [0.2, 0.25) is 0 Å². The first-order valence-corrected chi connectivity index (χ1v) is 10.6. The first kappa shape index (κ1) is 23.3. The fourth-order valence-corrected chi connectivity index (χ4v) is 3.87. The topological polar surface area (TPSA) is 66.8 Å². The van der Waals surface area contributed by atoms with Crippen molar-refractivity contribution in [1.29, 1.82) is 0 Å². The molecule has 1 atom stereocenters. The number of aliphatic hydroxyl groups is 1. The maximum atomic E-state index is 9.95. The van der Waals surface area contributed by atoms with Gasteiger partial charge in [-0.05, 0) is 20.3 Å². The Bertz CT molecular complexity index is 314. The molecule has 0 aromatic rings. The second-order valence-corrected chi connectivity index (χ2v) is 7.95. The summed E-state index contributed by atoms with van der Waals surface area (Å²) in [6.45, 7) is 6.70. The molecule has 0 radical (unpaired) electrons. The Hall–Kier alpha value is -0.673. The van der Waals surface area contributed by atoms with E-state index in [4.69, 9.17) is 14.2 Å². The molecule has 0 saturated carbocycles. The van der Waals surface area contributed by atoms with Crippen LogP contribution in [0.2, 0.25) is 6.04 Å². The number of guanidine groups is 1. The molecule has 1 N–H and O–H groups in total. The number of aliphatic hydroxyl groups excluding tert-OH is 1. The fraction of sp³-hybridized carbons (Fsp3) is 0.938. The van der Waals surface area contributed by atoms with Crippen molar-refractivity contribution in [2.75, 3.05) is 61.2 Å². The van der Waals surface area contributed by atoms with E-state index in [0.717, 1.165) is 18.4 Å². The van der Waals surface area contributed by atoms with Crippen LogP contribution in [0.1, 0.15) is 20.3 Å². The number of hydrogen-bond donors (Lipinski definition) is 1. The van der Waals surface area contributed by atoms with E-state index in [2.05, 4.69) is 4.99 Å². The molecule has 1 unspecified atom stereocenters. The third-order valence-electron chi connectivity index (χ3n) is 3.24. The largest absolute Gasteiger partial charge is 0.389 e. The van der Waals surface area contributed by atoms with Crippen molar-refractivity contribution in [1.82, 2.24) is 9.80 Å². The molecule has 8 heteroatoms. The molecule has 0 amide bonds. The average Bonchev–Trinajstić information content (AvgIpc) is 2.50. The molecule has 0 aromatic heterocycles. The minimum absolute atomic E-state index is 0.0235. The Morgan fingerprint density at radius 3 is 2.17 bits per heavy atom. The van der Waals surface area contributed by atoms with Crippen molar-refractivity contribution in [2.24, 2.45) is 4.99 Å². The Labute approximate surface area is 149 Å². The molecule has 24 heavy (non-hydrogen) atoms. The molecule has 0 aliphatic heterocycles. The van der Waals surface area contributed by atoms with Gasteiger partial charge in [-0.2, -0.15) is 0 Å². The van der Waals surface area contributed by atoms with Gasteiger partial charge in [0.25, 0.3) is 0 Å². The summed E-state index contributed by atoms with van der Waals surface area (Å²) in [7, 11) is 7.33. The Kier molecular flexibility index (Phi) is 14.2. The van der Waals surface area contributed by atoms with Crippen molar-refractivity contribution in [3.8, 4) is 0 Å². The van der Waals surface area contributed by atoms with Crippen molar-refractivity contribution >= 4 is 15.5 Å². The molecule has 0 heterocycles. The zero-order valence-corrected chi connectivity index (χ0v) is 17.7. The number of nitrogens with zero attached hydrogens (tertiary/aromatic N) is 3. The predicted octanol–water partition coefficient (Wildman–Crippen LogP) is 0.177. The SMILES string of the molecule is CCOC(OCC)[SiH2]CCCOCC(O)CN=C(N(C)C)N(C)C. The summed E-state index contributed by atoms with van der Waals surface area (Å²) in [5, 5.41) is 9.95. The van der Waals surface area contributed by atoms with Gasteiger partial charge in [-0.25, -0.2) is 0 Å². The monoisotopic (exact) mass is 363 g/mol. The summed E-state index contributed by atoms with van der Waals surface area (Å²) < 4.78 is 16.7. The minimum Gasteiger partial charge on any atom is -0.389 e. The standard InChI is InChI=1S/C16H37N3O4Si/c1-7-22-16(23-8-2)24-11-9-10-21-13-14(20)12-17-15(18(3)4)19(5)6/h14,16,20H,7-13,24H2,1-6H3. The van der Waals surface area contributed by atoms with Crippen LogP contribution in [0.3, 0.4) is 0 Å². The van der Waals surface area contributed by atoms with Gasteiger partial charge in [0.15, 0.2) is 5.96 Å². The molecule has 0 aliphatic carbocycles. The van der Waals surface area contributed by atoms with Crippen LogP contribution in [0.5, 0.6) is 0 Å². The van der Waals surface area contributed by atoms with Gasteiger partial charge in [0.1, 0.15) is 5.91 Å². The Morgan fingerprint density at radius 2 is 1.67 bits per heavy atom. The quantitative estimate of drug-likeness (QED) is 0.166. The van der Waals surface area contributed by atoms with E-state index in [-0.39, 0.29) is 5.91 Å². The predicted molar refractivity (Wildman–Crippen MR) is 102 cm³/mol. The average molecular weight is 364 g/mol. The van der Waals surface area contributed by atoms with E-state index >= 15 is 0 Å². The molecular formula is C16H37N3O4Si. The minimum atomic E-state index is -0.572. The molecule has 0 saturated heterocycles. The van der Waals surface area contributed by atoms with Gasteiger partial charge in [0.05, 0.1) is 28.8 Å². The lowest BCUT2D eigenvalue weighted by Gasteiger charge is -2.23. The highest BCUT2D eigenvalue weighted by molar-refractivity contribution is 6.36. The summed E-state index contributed by atoms with van der Waals surface area (Å²) in [5.41, 5.74) is 0. The van der Waals surface area contributed by atoms with Gasteiger partial charge in [-0.3, -0.25) is 4.99 Å². The van der Waals surface area contributed by atoms with Gasteiger partial charge in [0, 0.05) is 48.0 Å². The second kappa shape index (κ2) is 14.7. The van der Waals surface area contributed by atoms with E-state index < -0.39 is 15.6 Å². The molecule has 0 bridgehead atoms. The molecule has 0 rings (SSSR count). The van der Waals surface area contributed by atoms with E-state index in [0.29, 0.717) is 33.0 Å². The molecule has 0 aliphatic rings. The smallest absolute Gasteiger partial charge is 0.195 e. The van der Waals surface area contributed by atoms with Gasteiger partial charge in [-0.15, -0.1) is 0 Å². The summed E-state index contributed by atoms with van der Waals surface area (Å²) in [6.07, 6.45) is 0.413. The fourth-order valence-electron chi connectivity index (χ4n) is 2.24. The third-order valence-corrected chi connectivity index (χ3v) is 5.09. The summed E-state index contributed by atoms with van der Waals surface area (Å²) >= 11 is 0. The highest BCUT2D eigenvalue weighted by atomic mass is 28.2. The van der Waals surface area contributed by atoms with E-state index in [1.807, 2.05) is 51.8 Å². The number of aliphatic imine (C=N–C) groups is 1. The maximum absolute atomic E-state index is 9.95. The van der Waals surface area contributed by atoms with Gasteiger partial charge in [-0.1, -0.05) is 6.04 Å². The van der Waals surface area contributed by atoms with E-state index in [1.54, 1.807) is 0 Å². The zero-order chi connectivity index (χ0) is 18.4. The maximum Gasteiger partial charge on any atom is 0.195 e. The lowest BCUT2D eigenvalue weighted by atomic mass is 10.4. The van der Waals surface area contributed by atoms with E-state index in [1.165, 1.54) is 0 Å². The molecule has 0 fully saturated rings. The van der Waals surface area contributed by atoms with Crippen LogP contribution < -0.4 is 0 Å². The summed E-state index contributed by atoms with van der Waals surface area (Å²) in [4.78, 5) is 8.26. The molecule has 0 spiro atoms. The first-order valence-electron chi connectivity index (χ1n) is 8.80. The molecule has 144 valence electrons. The van der Waals surface area contributed by atoms with E-state index in [9.17, 15) is 5.11 Å². The molecule has 0 aromatic carbocycles. The second-order valence-electron chi connectivity index (χ2n) is 5.99. The highest BCUT2D eigenvalue weighted by Crippen LogP contribution is 2.00. The van der Waals surface area contributed by atoms with Crippen LogP contribution in [-0.2, 0) is 14.2 Å². The van der Waals surface area contributed by atoms with Gasteiger partial charge >= 0.3 is 0 Å². The van der Waals surface area contributed by atoms with Crippen LogP contribution in [0.25, 0.3) is 0 Å². The van der Waals surface area contributed by atoms with Crippen molar-refractivity contribution in [3.63, 3.8) is 0 Å². The third kappa shape index (κ3) is 11.8. The summed E-state index contributed by atoms with van der Waals surface area (Å²) in [5.74, 6) is 0.855. The van der Waals surface area contributed by atoms with Crippen molar-refractivity contribution in [3.05, 3.63) is 0 Å². The Balaban J connectivity index is 3.82. The summed E-state index contributed by atoms with van der Waals surface area (Å²) in [6, 6.07) is 1.12. The van der Waals surface area contributed by atoms with Crippen LogP contribution >= 0.6 is 0 Å². The lowest BCUT2D eigenvalue weighted by Crippen LogP contribution is -2.36. The van der Waals surface area contributed by atoms with Crippen molar-refractivity contribution < 1.29 is 19.3 Å². The normalized spacial score (nSPS) is 12.8. The Morgan fingerprint density at radius 1 is 1.08 bits per heavy atom. The molecular weight excluding hydrogens is 326 g/mol. The lowest BCUT2D eigenvalue weighted by molar-refractivity contribution is -0.0828. The van der Waals surface area contributed by atoms with Crippen LogP contribution in [0, 0.1) is 0 Å².